The summed E-state index contributed by atoms with van der Waals surface area (Å²) in [7, 11) is 0. The number of ether oxygens (including phenoxy) is 2. The van der Waals surface area contributed by atoms with Gasteiger partial charge >= 0.3 is 11.9 Å². The van der Waals surface area contributed by atoms with Gasteiger partial charge in [-0.05, 0) is 51.0 Å². The Morgan fingerprint density at radius 1 is 1.08 bits per heavy atom. The van der Waals surface area contributed by atoms with Gasteiger partial charge in [0.1, 0.15) is 0 Å². The van der Waals surface area contributed by atoms with Crippen LogP contribution in [0, 0.1) is 17.3 Å². The summed E-state index contributed by atoms with van der Waals surface area (Å²) >= 11 is 0. The van der Waals surface area contributed by atoms with Crippen LogP contribution in [-0.2, 0) is 19.1 Å². The molecule has 1 aromatic carbocycles. The summed E-state index contributed by atoms with van der Waals surface area (Å²) in [4.78, 5) is 25.4. The fraction of sp³-hybridized carbons (Fsp3) is 0.524. The van der Waals surface area contributed by atoms with E-state index in [-0.39, 0.29) is 31.0 Å². The van der Waals surface area contributed by atoms with Crippen LogP contribution >= 0.6 is 0 Å². The lowest BCUT2D eigenvalue weighted by Crippen LogP contribution is -2.40. The van der Waals surface area contributed by atoms with Crippen molar-refractivity contribution >= 4 is 11.9 Å². The fourth-order valence-electron chi connectivity index (χ4n) is 4.68. The molecule has 0 aromatic heterocycles. The zero-order chi connectivity index (χ0) is 18.0. The van der Waals surface area contributed by atoms with E-state index in [9.17, 15) is 9.59 Å². The normalized spacial score (nSPS) is 28.1. The van der Waals surface area contributed by atoms with Crippen molar-refractivity contribution in [2.24, 2.45) is 17.3 Å². The van der Waals surface area contributed by atoms with Gasteiger partial charge in [-0.3, -0.25) is 9.59 Å². The summed E-state index contributed by atoms with van der Waals surface area (Å²) < 4.78 is 10.5. The first-order chi connectivity index (χ1) is 12.1. The Labute approximate surface area is 149 Å². The van der Waals surface area contributed by atoms with Gasteiger partial charge in [0.25, 0.3) is 0 Å². The SMILES string of the molecule is C/C=C1/[C@H](c2ccccc2)[C@H]2CC(C(=O)OCC)(C(=O)OCC)C[C@@H]12. The molecule has 3 atom stereocenters. The van der Waals surface area contributed by atoms with E-state index < -0.39 is 17.4 Å². The van der Waals surface area contributed by atoms with E-state index in [0.717, 1.165) is 0 Å². The Morgan fingerprint density at radius 2 is 1.68 bits per heavy atom. The minimum absolute atomic E-state index is 0.254. The zero-order valence-corrected chi connectivity index (χ0v) is 15.2. The molecule has 0 bridgehead atoms. The molecule has 0 saturated heterocycles. The summed E-state index contributed by atoms with van der Waals surface area (Å²) in [5, 5.41) is 0. The molecular formula is C21H26O4. The molecule has 2 fully saturated rings. The first-order valence-electron chi connectivity index (χ1n) is 9.14. The number of esters is 2. The van der Waals surface area contributed by atoms with Gasteiger partial charge in [-0.2, -0.15) is 0 Å². The lowest BCUT2D eigenvalue weighted by molar-refractivity contribution is -0.171. The largest absolute Gasteiger partial charge is 0.465 e. The minimum atomic E-state index is -1.15. The number of hydrogen-bond donors (Lipinski definition) is 0. The smallest absolute Gasteiger partial charge is 0.323 e. The number of carbonyl (C=O) groups is 2. The van der Waals surface area contributed by atoms with Crippen LogP contribution in [0.1, 0.15) is 45.1 Å². The van der Waals surface area contributed by atoms with Crippen molar-refractivity contribution in [3.05, 3.63) is 47.5 Å². The highest BCUT2D eigenvalue weighted by molar-refractivity contribution is 6.00. The molecule has 25 heavy (non-hydrogen) atoms. The van der Waals surface area contributed by atoms with Crippen molar-refractivity contribution in [2.75, 3.05) is 13.2 Å². The van der Waals surface area contributed by atoms with Crippen LogP contribution in [0.3, 0.4) is 0 Å². The van der Waals surface area contributed by atoms with Gasteiger partial charge < -0.3 is 9.47 Å². The molecule has 134 valence electrons. The summed E-state index contributed by atoms with van der Waals surface area (Å²) in [6.07, 6.45) is 3.15. The van der Waals surface area contributed by atoms with Gasteiger partial charge in [-0.15, -0.1) is 0 Å². The maximum atomic E-state index is 12.7. The Morgan fingerprint density at radius 3 is 2.20 bits per heavy atom. The highest BCUT2D eigenvalue weighted by Crippen LogP contribution is 2.65. The Bertz CT molecular complexity index is 658. The monoisotopic (exact) mass is 342 g/mol. The molecule has 2 aliphatic carbocycles. The number of fused-ring (bicyclic) bond motifs is 1. The highest BCUT2D eigenvalue weighted by Gasteiger charge is 2.64. The molecule has 4 heteroatoms. The average molecular weight is 342 g/mol. The number of allylic oxidation sites excluding steroid dienone is 2. The van der Waals surface area contributed by atoms with Crippen molar-refractivity contribution in [3.63, 3.8) is 0 Å². The third-order valence-electron chi connectivity index (χ3n) is 5.71. The van der Waals surface area contributed by atoms with Crippen LogP contribution in [-0.4, -0.2) is 25.2 Å². The lowest BCUT2D eigenvalue weighted by atomic mass is 9.60. The predicted octanol–water partition coefficient (Wildman–Crippen LogP) is 3.87. The van der Waals surface area contributed by atoms with Gasteiger partial charge in [0, 0.05) is 5.92 Å². The third kappa shape index (κ3) is 2.78. The Hall–Kier alpha value is -2.10. The van der Waals surface area contributed by atoms with Gasteiger partial charge in [0.15, 0.2) is 5.41 Å². The van der Waals surface area contributed by atoms with Crippen LogP contribution in [0.5, 0.6) is 0 Å². The zero-order valence-electron chi connectivity index (χ0n) is 15.2. The van der Waals surface area contributed by atoms with Crippen molar-refractivity contribution in [2.45, 2.75) is 39.5 Å². The molecule has 1 aromatic rings. The van der Waals surface area contributed by atoms with Crippen LogP contribution in [0.15, 0.2) is 42.0 Å². The number of rotatable bonds is 5. The highest BCUT2D eigenvalue weighted by atomic mass is 16.6. The molecule has 0 N–H and O–H groups in total. The van der Waals surface area contributed by atoms with Crippen molar-refractivity contribution in [3.8, 4) is 0 Å². The molecule has 2 aliphatic rings. The Balaban J connectivity index is 1.93. The van der Waals surface area contributed by atoms with E-state index in [1.54, 1.807) is 13.8 Å². The minimum Gasteiger partial charge on any atom is -0.465 e. The average Bonchev–Trinajstić information content (AvgIpc) is 2.94. The second-order valence-corrected chi connectivity index (χ2v) is 6.88. The molecule has 0 amide bonds. The third-order valence-corrected chi connectivity index (χ3v) is 5.71. The molecule has 0 unspecified atom stereocenters. The fourth-order valence-corrected chi connectivity index (χ4v) is 4.68. The molecular weight excluding hydrogens is 316 g/mol. The van der Waals surface area contributed by atoms with E-state index >= 15 is 0 Å². The quantitative estimate of drug-likeness (QED) is 0.463. The van der Waals surface area contributed by atoms with Crippen molar-refractivity contribution in [1.82, 2.24) is 0 Å². The van der Waals surface area contributed by atoms with Gasteiger partial charge in [-0.1, -0.05) is 42.0 Å². The van der Waals surface area contributed by atoms with Gasteiger partial charge in [0.2, 0.25) is 0 Å². The maximum absolute atomic E-state index is 12.7. The summed E-state index contributed by atoms with van der Waals surface area (Å²) in [6.45, 7) is 6.12. The summed E-state index contributed by atoms with van der Waals surface area (Å²) in [5.74, 6) is -0.0383. The van der Waals surface area contributed by atoms with Crippen molar-refractivity contribution < 1.29 is 19.1 Å². The van der Waals surface area contributed by atoms with Crippen LogP contribution in [0.4, 0.5) is 0 Å². The number of benzene rings is 1. The van der Waals surface area contributed by atoms with E-state index in [4.69, 9.17) is 9.47 Å². The molecule has 0 spiro atoms. The molecule has 0 aliphatic heterocycles. The van der Waals surface area contributed by atoms with E-state index in [1.807, 2.05) is 25.1 Å². The van der Waals surface area contributed by atoms with Crippen LogP contribution in [0.25, 0.3) is 0 Å². The summed E-state index contributed by atoms with van der Waals surface area (Å²) in [5.41, 5.74) is 1.42. The first-order valence-corrected chi connectivity index (χ1v) is 9.14. The lowest BCUT2D eigenvalue weighted by Gasteiger charge is -2.44. The summed E-state index contributed by atoms with van der Waals surface area (Å²) in [6, 6.07) is 10.3. The molecule has 0 heterocycles. The molecule has 3 rings (SSSR count). The van der Waals surface area contributed by atoms with Crippen LogP contribution < -0.4 is 0 Å². The molecule has 2 saturated carbocycles. The standard InChI is InChI=1S/C21H26O4/c1-4-15-16-12-21(19(22)24-5-2,20(23)25-6-3)13-17(16)18(15)14-10-8-7-9-11-14/h4,7-11,16-18H,5-6,12-13H2,1-3H3/b15-4+/t16-,17-,18-/m0/s1. The van der Waals surface area contributed by atoms with E-state index in [2.05, 4.69) is 18.2 Å². The molecule has 0 radical (unpaired) electrons. The number of hydrogen-bond acceptors (Lipinski definition) is 4. The Kier molecular flexibility index (Phi) is 4.98. The molecule has 4 nitrogen and oxygen atoms in total. The predicted molar refractivity (Wildman–Crippen MR) is 94.9 cm³/mol. The topological polar surface area (TPSA) is 52.6 Å². The first kappa shape index (κ1) is 17.7. The number of carbonyl (C=O) groups excluding carboxylic acids is 2. The second-order valence-electron chi connectivity index (χ2n) is 6.88. The van der Waals surface area contributed by atoms with Gasteiger partial charge in [0.05, 0.1) is 13.2 Å². The van der Waals surface area contributed by atoms with E-state index in [0.29, 0.717) is 12.8 Å². The van der Waals surface area contributed by atoms with Crippen molar-refractivity contribution in [1.29, 1.82) is 0 Å². The van der Waals surface area contributed by atoms with Gasteiger partial charge in [-0.25, -0.2) is 0 Å². The maximum Gasteiger partial charge on any atom is 0.323 e. The van der Waals surface area contributed by atoms with E-state index in [1.165, 1.54) is 11.1 Å². The second kappa shape index (κ2) is 7.03. The van der Waals surface area contributed by atoms with Crippen LogP contribution in [0.2, 0.25) is 0 Å².